The van der Waals surface area contributed by atoms with E-state index in [2.05, 4.69) is 26.1 Å². The highest BCUT2D eigenvalue weighted by atomic mass is 16.5. The highest BCUT2D eigenvalue weighted by Crippen LogP contribution is 2.07. The summed E-state index contributed by atoms with van der Waals surface area (Å²) in [6.07, 6.45) is 9.64. The molecule has 0 bridgehead atoms. The van der Waals surface area contributed by atoms with Gasteiger partial charge in [-0.05, 0) is 26.8 Å². The normalized spacial score (nSPS) is 12.0. The maximum absolute atomic E-state index is 5.35. The molecule has 0 aromatic heterocycles. The van der Waals surface area contributed by atoms with Gasteiger partial charge in [-0.1, -0.05) is 45.4 Å². The summed E-state index contributed by atoms with van der Waals surface area (Å²) in [5.74, 6) is 0. The molecule has 0 heterocycles. The predicted molar refractivity (Wildman–Crippen MR) is 72.0 cm³/mol. The molecule has 0 aliphatic carbocycles. The Hall–Kier alpha value is -0.0800. The van der Waals surface area contributed by atoms with Gasteiger partial charge >= 0.3 is 0 Å². The fourth-order valence-corrected chi connectivity index (χ4v) is 1.67. The summed E-state index contributed by atoms with van der Waals surface area (Å²) in [6, 6.07) is 0. The van der Waals surface area contributed by atoms with Crippen molar-refractivity contribution in [2.45, 2.75) is 71.3 Å². The molecular weight excluding hydrogens is 198 g/mol. The van der Waals surface area contributed by atoms with Crippen LogP contribution >= 0.6 is 0 Å². The molecule has 0 saturated carbocycles. The molecule has 0 aromatic carbocycles. The Kier molecular flexibility index (Phi) is 10.0. The molecule has 0 aliphatic rings. The van der Waals surface area contributed by atoms with Gasteiger partial charge in [-0.25, -0.2) is 0 Å². The van der Waals surface area contributed by atoms with Gasteiger partial charge in [0.15, 0.2) is 0 Å². The number of unbranched alkanes of at least 4 members (excludes halogenated alkanes) is 6. The van der Waals surface area contributed by atoms with Crippen molar-refractivity contribution in [3.8, 4) is 0 Å². The summed E-state index contributed by atoms with van der Waals surface area (Å²) in [5.41, 5.74) is -0.0267. The van der Waals surface area contributed by atoms with Gasteiger partial charge in [0.05, 0.1) is 5.60 Å². The summed E-state index contributed by atoms with van der Waals surface area (Å²) in [7, 11) is 1.77. The first-order chi connectivity index (χ1) is 7.62. The van der Waals surface area contributed by atoms with E-state index in [9.17, 15) is 0 Å². The maximum Gasteiger partial charge on any atom is 0.0746 e. The Balaban J connectivity index is 3.10. The van der Waals surface area contributed by atoms with Crippen molar-refractivity contribution in [3.63, 3.8) is 0 Å². The summed E-state index contributed by atoms with van der Waals surface area (Å²) >= 11 is 0. The van der Waals surface area contributed by atoms with E-state index in [1.54, 1.807) is 7.11 Å². The van der Waals surface area contributed by atoms with Gasteiger partial charge < -0.3 is 10.1 Å². The molecule has 0 spiro atoms. The first kappa shape index (κ1) is 15.9. The van der Waals surface area contributed by atoms with Crippen LogP contribution in [0.4, 0.5) is 0 Å². The minimum atomic E-state index is -0.0267. The van der Waals surface area contributed by atoms with E-state index < -0.39 is 0 Å². The quantitative estimate of drug-likeness (QED) is 0.545. The average molecular weight is 229 g/mol. The van der Waals surface area contributed by atoms with E-state index in [1.165, 1.54) is 44.9 Å². The molecule has 0 aromatic rings. The second kappa shape index (κ2) is 10.1. The van der Waals surface area contributed by atoms with Crippen LogP contribution in [0.3, 0.4) is 0 Å². The van der Waals surface area contributed by atoms with Crippen molar-refractivity contribution in [1.82, 2.24) is 5.32 Å². The molecule has 0 radical (unpaired) electrons. The van der Waals surface area contributed by atoms with Crippen molar-refractivity contribution in [1.29, 1.82) is 0 Å². The molecule has 2 nitrogen and oxygen atoms in total. The van der Waals surface area contributed by atoms with Crippen molar-refractivity contribution in [3.05, 3.63) is 0 Å². The van der Waals surface area contributed by atoms with Crippen LogP contribution in [-0.4, -0.2) is 25.8 Å². The molecule has 0 amide bonds. The van der Waals surface area contributed by atoms with Gasteiger partial charge in [0.2, 0.25) is 0 Å². The van der Waals surface area contributed by atoms with Crippen LogP contribution in [0.25, 0.3) is 0 Å². The number of rotatable bonds is 11. The summed E-state index contributed by atoms with van der Waals surface area (Å²) in [5, 5.41) is 3.45. The number of methoxy groups -OCH3 is 1. The second-order valence-corrected chi connectivity index (χ2v) is 5.26. The van der Waals surface area contributed by atoms with Crippen LogP contribution < -0.4 is 5.32 Å². The van der Waals surface area contributed by atoms with Gasteiger partial charge in [0.1, 0.15) is 0 Å². The smallest absolute Gasteiger partial charge is 0.0746 e. The monoisotopic (exact) mass is 229 g/mol. The molecule has 0 aliphatic heterocycles. The number of nitrogens with one attached hydrogen (secondary N) is 1. The first-order valence-electron chi connectivity index (χ1n) is 6.88. The third kappa shape index (κ3) is 10.4. The van der Waals surface area contributed by atoms with E-state index in [-0.39, 0.29) is 5.60 Å². The molecule has 0 rings (SSSR count). The average Bonchev–Trinajstić information content (AvgIpc) is 2.27. The minimum absolute atomic E-state index is 0.0267. The molecule has 1 N–H and O–H groups in total. The fourth-order valence-electron chi connectivity index (χ4n) is 1.67. The molecule has 0 saturated heterocycles. The van der Waals surface area contributed by atoms with Gasteiger partial charge in [-0.3, -0.25) is 0 Å². The zero-order valence-electron chi connectivity index (χ0n) is 11.8. The van der Waals surface area contributed by atoms with Crippen molar-refractivity contribution in [2.24, 2.45) is 0 Å². The van der Waals surface area contributed by atoms with E-state index in [0.717, 1.165) is 13.1 Å². The Bertz CT molecular complexity index is 146. The van der Waals surface area contributed by atoms with Gasteiger partial charge in [-0.2, -0.15) is 0 Å². The van der Waals surface area contributed by atoms with Gasteiger partial charge in [-0.15, -0.1) is 0 Å². The molecule has 0 unspecified atom stereocenters. The van der Waals surface area contributed by atoms with E-state index in [0.29, 0.717) is 0 Å². The van der Waals surface area contributed by atoms with Crippen LogP contribution in [-0.2, 0) is 4.74 Å². The summed E-state index contributed by atoms with van der Waals surface area (Å²) in [6.45, 7) is 8.57. The van der Waals surface area contributed by atoms with Crippen molar-refractivity contribution in [2.75, 3.05) is 20.2 Å². The largest absolute Gasteiger partial charge is 0.377 e. The highest BCUT2D eigenvalue weighted by Gasteiger charge is 2.14. The van der Waals surface area contributed by atoms with Crippen LogP contribution in [0.5, 0.6) is 0 Å². The Labute approximate surface area is 102 Å². The number of ether oxygens (including phenoxy) is 1. The zero-order chi connectivity index (χ0) is 12.3. The fraction of sp³-hybridized carbons (Fsp3) is 1.00. The van der Waals surface area contributed by atoms with E-state index >= 15 is 0 Å². The lowest BCUT2D eigenvalue weighted by atomic mass is 10.1. The lowest BCUT2D eigenvalue weighted by Crippen LogP contribution is -2.37. The van der Waals surface area contributed by atoms with Crippen molar-refractivity contribution >= 4 is 0 Å². The molecule has 0 fully saturated rings. The predicted octanol–water partition coefficient (Wildman–Crippen LogP) is 3.75. The lowest BCUT2D eigenvalue weighted by molar-refractivity contribution is 0.0234. The Morgan fingerprint density at radius 3 is 2.06 bits per heavy atom. The third-order valence-corrected chi connectivity index (χ3v) is 3.06. The second-order valence-electron chi connectivity index (χ2n) is 5.26. The van der Waals surface area contributed by atoms with E-state index in [4.69, 9.17) is 4.74 Å². The van der Waals surface area contributed by atoms with E-state index in [1.807, 2.05) is 0 Å². The maximum atomic E-state index is 5.35. The lowest BCUT2D eigenvalue weighted by Gasteiger charge is -2.23. The van der Waals surface area contributed by atoms with Gasteiger partial charge in [0, 0.05) is 13.7 Å². The minimum Gasteiger partial charge on any atom is -0.377 e. The molecule has 16 heavy (non-hydrogen) atoms. The highest BCUT2D eigenvalue weighted by molar-refractivity contribution is 4.70. The van der Waals surface area contributed by atoms with Crippen LogP contribution in [0.15, 0.2) is 0 Å². The third-order valence-electron chi connectivity index (χ3n) is 3.06. The standard InChI is InChI=1S/C14H31NO/c1-5-6-7-8-9-10-11-12-15-13-14(2,3)16-4/h15H,5-13H2,1-4H3. The number of hydrogen-bond donors (Lipinski definition) is 1. The molecule has 0 atom stereocenters. The van der Waals surface area contributed by atoms with Crippen LogP contribution in [0.2, 0.25) is 0 Å². The summed E-state index contributed by atoms with van der Waals surface area (Å²) < 4.78 is 5.35. The molecule has 98 valence electrons. The first-order valence-corrected chi connectivity index (χ1v) is 6.88. The molecule has 2 heteroatoms. The van der Waals surface area contributed by atoms with Gasteiger partial charge in [0.25, 0.3) is 0 Å². The Morgan fingerprint density at radius 2 is 1.50 bits per heavy atom. The topological polar surface area (TPSA) is 21.3 Å². The zero-order valence-corrected chi connectivity index (χ0v) is 11.8. The molecular formula is C14H31NO. The van der Waals surface area contributed by atoms with Crippen molar-refractivity contribution < 1.29 is 4.74 Å². The SMILES string of the molecule is CCCCCCCCCNCC(C)(C)OC. The summed E-state index contributed by atoms with van der Waals surface area (Å²) in [4.78, 5) is 0. The number of hydrogen-bond acceptors (Lipinski definition) is 2. The Morgan fingerprint density at radius 1 is 0.938 bits per heavy atom. The van der Waals surface area contributed by atoms with Crippen LogP contribution in [0, 0.1) is 0 Å². The van der Waals surface area contributed by atoms with Crippen LogP contribution in [0.1, 0.15) is 65.7 Å².